The van der Waals surface area contributed by atoms with E-state index in [1.165, 1.54) is 11.3 Å². The van der Waals surface area contributed by atoms with Crippen molar-refractivity contribution in [3.05, 3.63) is 21.4 Å². The van der Waals surface area contributed by atoms with Gasteiger partial charge in [-0.3, -0.25) is 0 Å². The third kappa shape index (κ3) is 2.23. The lowest BCUT2D eigenvalue weighted by Crippen LogP contribution is -2.16. The maximum absolute atomic E-state index is 11.4. The van der Waals surface area contributed by atoms with Crippen molar-refractivity contribution in [3.63, 3.8) is 0 Å². The van der Waals surface area contributed by atoms with Gasteiger partial charge in [0, 0.05) is 16.3 Å². The molecule has 1 aromatic rings. The highest BCUT2D eigenvalue weighted by Gasteiger charge is 2.24. The number of sulfone groups is 1. The fourth-order valence-electron chi connectivity index (χ4n) is 1.66. The van der Waals surface area contributed by atoms with E-state index in [4.69, 9.17) is 5.73 Å². The van der Waals surface area contributed by atoms with Crippen molar-refractivity contribution < 1.29 is 13.5 Å². The molecule has 15 heavy (non-hydrogen) atoms. The molecule has 1 atom stereocenters. The maximum Gasteiger partial charge on any atom is 0.154 e. The lowest BCUT2D eigenvalue weighted by atomic mass is 10.2. The van der Waals surface area contributed by atoms with E-state index in [9.17, 15) is 13.5 Å². The van der Waals surface area contributed by atoms with Gasteiger partial charge in [-0.1, -0.05) is 0 Å². The van der Waals surface area contributed by atoms with Crippen LogP contribution in [0, 0.1) is 0 Å². The van der Waals surface area contributed by atoms with Gasteiger partial charge in [-0.15, -0.1) is 11.3 Å². The molecule has 3 N–H and O–H groups in total. The van der Waals surface area contributed by atoms with Crippen molar-refractivity contribution in [2.24, 2.45) is 5.73 Å². The molecule has 84 valence electrons. The summed E-state index contributed by atoms with van der Waals surface area (Å²) in [6.45, 7) is 0.173. The first kappa shape index (κ1) is 11.1. The third-order valence-electron chi connectivity index (χ3n) is 2.48. The van der Waals surface area contributed by atoms with Crippen molar-refractivity contribution in [2.75, 3.05) is 12.3 Å². The second-order valence-electron chi connectivity index (χ2n) is 3.69. The number of rotatable bonds is 2. The normalized spacial score (nSPS) is 20.9. The molecule has 1 aliphatic heterocycles. The number of aliphatic hydroxyl groups is 1. The first-order valence-corrected chi connectivity index (χ1v) is 7.35. The summed E-state index contributed by atoms with van der Waals surface area (Å²) in [6.07, 6.45) is -0.0945. The summed E-state index contributed by atoms with van der Waals surface area (Å²) in [7, 11) is -2.92. The molecule has 0 saturated heterocycles. The van der Waals surface area contributed by atoms with Gasteiger partial charge in [0.2, 0.25) is 0 Å². The van der Waals surface area contributed by atoms with Crippen molar-refractivity contribution in [3.8, 4) is 0 Å². The van der Waals surface area contributed by atoms with Crippen LogP contribution in [0.25, 0.3) is 0 Å². The first-order valence-electron chi connectivity index (χ1n) is 4.72. The van der Waals surface area contributed by atoms with Gasteiger partial charge < -0.3 is 10.8 Å². The predicted molar refractivity (Wildman–Crippen MR) is 59.5 cm³/mol. The highest BCUT2D eigenvalue weighted by atomic mass is 32.2. The summed E-state index contributed by atoms with van der Waals surface area (Å²) >= 11 is 1.47. The largest absolute Gasteiger partial charge is 0.386 e. The van der Waals surface area contributed by atoms with E-state index >= 15 is 0 Å². The highest BCUT2D eigenvalue weighted by Crippen LogP contribution is 2.32. The molecule has 1 aromatic heterocycles. The molecule has 0 bridgehead atoms. The van der Waals surface area contributed by atoms with Crippen LogP contribution in [0.5, 0.6) is 0 Å². The summed E-state index contributed by atoms with van der Waals surface area (Å²) in [5.41, 5.74) is 6.20. The van der Waals surface area contributed by atoms with Crippen LogP contribution in [0.15, 0.2) is 6.07 Å². The van der Waals surface area contributed by atoms with Gasteiger partial charge in [0.15, 0.2) is 9.84 Å². The predicted octanol–water partition coefficient (Wildman–Crippen LogP) is 0.211. The fourth-order valence-corrected chi connectivity index (χ4v) is 4.46. The number of nitrogens with two attached hydrogens (primary N) is 1. The zero-order chi connectivity index (χ0) is 11.1. The Bertz CT molecular complexity index is 464. The molecular formula is C9H13NO3S2. The fraction of sp³-hybridized carbons (Fsp3) is 0.556. The average molecular weight is 247 g/mol. The number of thiophene rings is 1. The molecule has 0 amide bonds. The van der Waals surface area contributed by atoms with Crippen molar-refractivity contribution in [1.29, 1.82) is 0 Å². The molecule has 0 spiro atoms. The molecule has 4 nitrogen and oxygen atoms in total. The van der Waals surface area contributed by atoms with Crippen LogP contribution in [0.2, 0.25) is 0 Å². The Balaban J connectivity index is 2.33. The summed E-state index contributed by atoms with van der Waals surface area (Å²) in [5.74, 6) is 0.328. The zero-order valence-corrected chi connectivity index (χ0v) is 9.77. The van der Waals surface area contributed by atoms with Crippen LogP contribution >= 0.6 is 11.3 Å². The van der Waals surface area contributed by atoms with Gasteiger partial charge in [-0.2, -0.15) is 0 Å². The Labute approximate surface area is 92.7 Å². The van der Waals surface area contributed by atoms with Gasteiger partial charge in [-0.25, -0.2) is 8.42 Å². The van der Waals surface area contributed by atoms with E-state index in [1.807, 2.05) is 0 Å². The third-order valence-corrected chi connectivity index (χ3v) is 5.40. The maximum atomic E-state index is 11.4. The van der Waals surface area contributed by atoms with Crippen LogP contribution in [0.4, 0.5) is 0 Å². The molecule has 6 heteroatoms. The summed E-state index contributed by atoms with van der Waals surface area (Å²) in [6, 6.07) is 1.77. The van der Waals surface area contributed by atoms with Crippen LogP contribution in [0.3, 0.4) is 0 Å². The Kier molecular flexibility index (Phi) is 2.85. The minimum atomic E-state index is -2.92. The minimum Gasteiger partial charge on any atom is -0.386 e. The SMILES string of the molecule is NCC(O)c1cc2c(s1)CCS(=O)(=O)C2. The minimum absolute atomic E-state index is 0.107. The van der Waals surface area contributed by atoms with Crippen LogP contribution < -0.4 is 5.73 Å². The van der Waals surface area contributed by atoms with Crippen molar-refractivity contribution >= 4 is 21.2 Å². The Morgan fingerprint density at radius 2 is 2.33 bits per heavy atom. The van der Waals surface area contributed by atoms with E-state index < -0.39 is 15.9 Å². The van der Waals surface area contributed by atoms with Gasteiger partial charge in [0.1, 0.15) is 6.10 Å². The highest BCUT2D eigenvalue weighted by molar-refractivity contribution is 7.90. The van der Waals surface area contributed by atoms with Gasteiger partial charge in [0.05, 0.1) is 11.5 Å². The second-order valence-corrected chi connectivity index (χ2v) is 7.04. The molecule has 0 aliphatic carbocycles. The van der Waals surface area contributed by atoms with E-state index in [0.717, 1.165) is 15.3 Å². The zero-order valence-electron chi connectivity index (χ0n) is 8.14. The second kappa shape index (κ2) is 3.86. The molecule has 0 saturated carbocycles. The first-order chi connectivity index (χ1) is 7.02. The van der Waals surface area contributed by atoms with E-state index in [2.05, 4.69) is 0 Å². The Hall–Kier alpha value is -0.430. The van der Waals surface area contributed by atoms with Gasteiger partial charge in [0.25, 0.3) is 0 Å². The van der Waals surface area contributed by atoms with Crippen LogP contribution in [-0.4, -0.2) is 25.8 Å². The molecule has 0 fully saturated rings. The number of hydrogen-bond acceptors (Lipinski definition) is 5. The lowest BCUT2D eigenvalue weighted by molar-refractivity contribution is 0.190. The smallest absolute Gasteiger partial charge is 0.154 e. The molecular weight excluding hydrogens is 234 g/mol. The summed E-state index contributed by atoms with van der Waals surface area (Å²) < 4.78 is 22.8. The molecule has 1 aliphatic rings. The Morgan fingerprint density at radius 3 is 3.00 bits per heavy atom. The molecule has 1 unspecified atom stereocenters. The van der Waals surface area contributed by atoms with Crippen LogP contribution in [0.1, 0.15) is 21.4 Å². The molecule has 2 heterocycles. The summed E-state index contributed by atoms with van der Waals surface area (Å²) in [5, 5.41) is 9.54. The van der Waals surface area contributed by atoms with Crippen LogP contribution in [-0.2, 0) is 22.0 Å². The number of aryl methyl sites for hydroxylation is 1. The van der Waals surface area contributed by atoms with E-state index in [-0.39, 0.29) is 18.1 Å². The van der Waals surface area contributed by atoms with Gasteiger partial charge >= 0.3 is 0 Å². The number of hydrogen-bond donors (Lipinski definition) is 2. The van der Waals surface area contributed by atoms with Gasteiger partial charge in [-0.05, 0) is 18.1 Å². The topological polar surface area (TPSA) is 80.4 Å². The Morgan fingerprint density at radius 1 is 1.60 bits per heavy atom. The quantitative estimate of drug-likeness (QED) is 0.783. The lowest BCUT2D eigenvalue weighted by Gasteiger charge is -2.10. The number of fused-ring (bicyclic) bond motifs is 1. The van der Waals surface area contributed by atoms with Crippen molar-refractivity contribution in [2.45, 2.75) is 18.3 Å². The molecule has 0 aromatic carbocycles. The monoisotopic (exact) mass is 247 g/mol. The number of aliphatic hydroxyl groups excluding tert-OH is 1. The molecule has 2 rings (SSSR count). The van der Waals surface area contributed by atoms with E-state index in [1.54, 1.807) is 6.07 Å². The summed E-state index contributed by atoms with van der Waals surface area (Å²) in [4.78, 5) is 1.85. The van der Waals surface area contributed by atoms with E-state index in [0.29, 0.717) is 6.42 Å². The standard InChI is InChI=1S/C9H13NO3S2/c10-4-7(11)9-3-6-5-15(12,13)2-1-8(6)14-9/h3,7,11H,1-2,4-5,10H2. The average Bonchev–Trinajstić information content (AvgIpc) is 2.57. The molecule has 0 radical (unpaired) electrons. The van der Waals surface area contributed by atoms with Crippen molar-refractivity contribution in [1.82, 2.24) is 0 Å².